The minimum absolute atomic E-state index is 0.334. The number of aliphatic hydroxyl groups is 1. The minimum atomic E-state index is -0.560. The smallest absolute Gasteiger partial charge is 0.191 e. The van der Waals surface area contributed by atoms with Crippen molar-refractivity contribution in [1.29, 1.82) is 0 Å². The van der Waals surface area contributed by atoms with E-state index >= 15 is 0 Å². The van der Waals surface area contributed by atoms with E-state index < -0.39 is 6.10 Å². The molecule has 0 heterocycles. The highest BCUT2D eigenvalue weighted by molar-refractivity contribution is 5.79. The zero-order chi connectivity index (χ0) is 17.7. The molecular weight excluding hydrogens is 318 g/mol. The fourth-order valence-electron chi connectivity index (χ4n) is 2.23. The largest absolute Gasteiger partial charge is 0.494 e. The number of benzene rings is 1. The second-order valence-corrected chi connectivity index (χ2v) is 6.30. The fourth-order valence-corrected chi connectivity index (χ4v) is 2.23. The molecule has 25 heavy (non-hydrogen) atoms. The Morgan fingerprint density at radius 3 is 2.80 bits per heavy atom. The molecule has 1 aliphatic rings. The number of aliphatic imine (C=N–C) groups is 1. The van der Waals surface area contributed by atoms with E-state index in [1.165, 1.54) is 12.8 Å². The predicted octanol–water partition coefficient (Wildman–Crippen LogP) is 1.80. The third-order valence-corrected chi connectivity index (χ3v) is 3.79. The molecule has 6 heteroatoms. The summed E-state index contributed by atoms with van der Waals surface area (Å²) in [6.07, 6.45) is 2.83. The lowest BCUT2D eigenvalue weighted by Crippen LogP contribution is -2.39. The minimum Gasteiger partial charge on any atom is -0.494 e. The third kappa shape index (κ3) is 9.31. The van der Waals surface area contributed by atoms with E-state index in [0.29, 0.717) is 31.6 Å². The Morgan fingerprint density at radius 2 is 2.08 bits per heavy atom. The lowest BCUT2D eigenvalue weighted by molar-refractivity contribution is 0.0368. The monoisotopic (exact) mass is 349 g/mol. The van der Waals surface area contributed by atoms with Crippen LogP contribution in [0.1, 0.15) is 26.2 Å². The van der Waals surface area contributed by atoms with E-state index in [1.807, 2.05) is 37.3 Å². The number of nitrogens with one attached hydrogen (secondary N) is 2. The van der Waals surface area contributed by atoms with Crippen molar-refractivity contribution < 1.29 is 14.6 Å². The van der Waals surface area contributed by atoms with Crippen molar-refractivity contribution in [1.82, 2.24) is 10.6 Å². The van der Waals surface area contributed by atoms with Gasteiger partial charge in [0.1, 0.15) is 5.75 Å². The van der Waals surface area contributed by atoms with Crippen LogP contribution in [0.4, 0.5) is 0 Å². The van der Waals surface area contributed by atoms with Gasteiger partial charge in [-0.2, -0.15) is 0 Å². The molecule has 0 spiro atoms. The fraction of sp³-hybridized carbons (Fsp3) is 0.632. The zero-order valence-electron chi connectivity index (χ0n) is 15.1. The maximum absolute atomic E-state index is 9.93. The van der Waals surface area contributed by atoms with Crippen molar-refractivity contribution in [2.24, 2.45) is 10.9 Å². The molecule has 1 unspecified atom stereocenters. The van der Waals surface area contributed by atoms with E-state index in [-0.39, 0.29) is 0 Å². The number of rotatable bonds is 12. The first kappa shape index (κ1) is 19.5. The van der Waals surface area contributed by atoms with Gasteiger partial charge in [0.15, 0.2) is 5.96 Å². The van der Waals surface area contributed by atoms with Crippen LogP contribution in [0.3, 0.4) is 0 Å². The van der Waals surface area contributed by atoms with Gasteiger partial charge in [0.25, 0.3) is 0 Å². The van der Waals surface area contributed by atoms with Crippen LogP contribution in [0.5, 0.6) is 5.75 Å². The summed E-state index contributed by atoms with van der Waals surface area (Å²) in [6, 6.07) is 9.79. The van der Waals surface area contributed by atoms with Crippen LogP contribution in [-0.2, 0) is 4.74 Å². The first-order chi connectivity index (χ1) is 12.3. The molecule has 1 aliphatic carbocycles. The van der Waals surface area contributed by atoms with Gasteiger partial charge in [0.2, 0.25) is 0 Å². The highest BCUT2D eigenvalue weighted by atomic mass is 16.5. The van der Waals surface area contributed by atoms with E-state index in [4.69, 9.17) is 9.47 Å². The SMILES string of the molecule is CCNC(=NCC(O)COCC1CC1)NCCCOc1ccccc1. The molecule has 6 nitrogen and oxygen atoms in total. The third-order valence-electron chi connectivity index (χ3n) is 3.79. The summed E-state index contributed by atoms with van der Waals surface area (Å²) in [5.74, 6) is 2.31. The van der Waals surface area contributed by atoms with Crippen molar-refractivity contribution >= 4 is 5.96 Å². The molecule has 1 atom stereocenters. The molecule has 140 valence electrons. The molecule has 1 aromatic rings. The van der Waals surface area contributed by atoms with Gasteiger partial charge < -0.3 is 25.2 Å². The maximum atomic E-state index is 9.93. The molecular formula is C19H31N3O3. The number of guanidine groups is 1. The summed E-state index contributed by atoms with van der Waals surface area (Å²) in [4.78, 5) is 4.41. The van der Waals surface area contributed by atoms with E-state index in [1.54, 1.807) is 0 Å². The average Bonchev–Trinajstić information content (AvgIpc) is 3.44. The van der Waals surface area contributed by atoms with Crippen LogP contribution in [0, 0.1) is 5.92 Å². The van der Waals surface area contributed by atoms with Crippen LogP contribution in [0.2, 0.25) is 0 Å². The Morgan fingerprint density at radius 1 is 1.28 bits per heavy atom. The topological polar surface area (TPSA) is 75.1 Å². The quantitative estimate of drug-likeness (QED) is 0.305. The van der Waals surface area contributed by atoms with Crippen molar-refractivity contribution in [3.8, 4) is 5.75 Å². The second-order valence-electron chi connectivity index (χ2n) is 6.30. The van der Waals surface area contributed by atoms with Crippen LogP contribution in [0.15, 0.2) is 35.3 Å². The number of para-hydroxylation sites is 1. The Labute approximate surface area is 150 Å². The van der Waals surface area contributed by atoms with Gasteiger partial charge in [-0.15, -0.1) is 0 Å². The molecule has 0 saturated heterocycles. The van der Waals surface area contributed by atoms with E-state index in [0.717, 1.165) is 31.9 Å². The molecule has 0 radical (unpaired) electrons. The van der Waals surface area contributed by atoms with Gasteiger partial charge in [0.05, 0.1) is 25.9 Å². The van der Waals surface area contributed by atoms with Gasteiger partial charge >= 0.3 is 0 Å². The Kier molecular flexibility index (Phi) is 9.15. The molecule has 1 fully saturated rings. The van der Waals surface area contributed by atoms with Gasteiger partial charge in [0, 0.05) is 19.7 Å². The van der Waals surface area contributed by atoms with Gasteiger partial charge in [-0.25, -0.2) is 0 Å². The van der Waals surface area contributed by atoms with Crippen molar-refractivity contribution in [2.75, 3.05) is 39.5 Å². The summed E-state index contributed by atoms with van der Waals surface area (Å²) in [5, 5.41) is 16.4. The summed E-state index contributed by atoms with van der Waals surface area (Å²) in [6.45, 7) is 5.65. The molecule has 0 amide bonds. The van der Waals surface area contributed by atoms with Crippen LogP contribution >= 0.6 is 0 Å². The highest BCUT2D eigenvalue weighted by Crippen LogP contribution is 2.28. The van der Waals surface area contributed by atoms with Gasteiger partial charge in [-0.1, -0.05) is 18.2 Å². The van der Waals surface area contributed by atoms with E-state index in [2.05, 4.69) is 15.6 Å². The number of hydrogen-bond donors (Lipinski definition) is 3. The van der Waals surface area contributed by atoms with Crippen LogP contribution in [0.25, 0.3) is 0 Å². The molecule has 0 aliphatic heterocycles. The maximum Gasteiger partial charge on any atom is 0.191 e. The van der Waals surface area contributed by atoms with Gasteiger partial charge in [-0.3, -0.25) is 4.99 Å². The standard InChI is InChI=1S/C19H31N3O3/c1-2-20-19(22-13-17(23)15-24-14-16-9-10-16)21-11-6-12-25-18-7-4-3-5-8-18/h3-5,7-8,16-17,23H,2,6,9-15H2,1H3,(H2,20,21,22). The first-order valence-electron chi connectivity index (χ1n) is 9.23. The summed E-state index contributed by atoms with van der Waals surface area (Å²) in [7, 11) is 0. The summed E-state index contributed by atoms with van der Waals surface area (Å²) >= 11 is 0. The molecule has 0 bridgehead atoms. The lowest BCUT2D eigenvalue weighted by atomic mass is 10.3. The number of nitrogens with zero attached hydrogens (tertiary/aromatic N) is 1. The van der Waals surface area contributed by atoms with Crippen molar-refractivity contribution in [3.63, 3.8) is 0 Å². The van der Waals surface area contributed by atoms with Crippen molar-refractivity contribution in [2.45, 2.75) is 32.3 Å². The Hall–Kier alpha value is -1.79. The average molecular weight is 349 g/mol. The van der Waals surface area contributed by atoms with E-state index in [9.17, 15) is 5.11 Å². The number of aliphatic hydroxyl groups excluding tert-OH is 1. The first-order valence-corrected chi connectivity index (χ1v) is 9.23. The Bertz CT molecular complexity index is 492. The molecule has 1 saturated carbocycles. The zero-order valence-corrected chi connectivity index (χ0v) is 15.1. The molecule has 0 aromatic heterocycles. The molecule has 1 aromatic carbocycles. The van der Waals surface area contributed by atoms with Crippen LogP contribution in [-0.4, -0.2) is 56.6 Å². The van der Waals surface area contributed by atoms with Gasteiger partial charge in [-0.05, 0) is 44.2 Å². The molecule has 2 rings (SSSR count). The number of hydrogen-bond acceptors (Lipinski definition) is 4. The highest BCUT2D eigenvalue weighted by Gasteiger charge is 2.21. The summed E-state index contributed by atoms with van der Waals surface area (Å²) in [5.41, 5.74) is 0. The van der Waals surface area contributed by atoms with Crippen molar-refractivity contribution in [3.05, 3.63) is 30.3 Å². The molecule has 3 N–H and O–H groups in total. The normalized spacial score (nSPS) is 15.7. The van der Waals surface area contributed by atoms with Crippen LogP contribution < -0.4 is 15.4 Å². The Balaban J connectivity index is 1.57. The predicted molar refractivity (Wildman–Crippen MR) is 100 cm³/mol. The lowest BCUT2D eigenvalue weighted by Gasteiger charge is -2.13. The second kappa shape index (κ2) is 11.7. The summed E-state index contributed by atoms with van der Waals surface area (Å²) < 4.78 is 11.1. The number of ether oxygens (including phenoxy) is 2.